The molecule has 76 valence electrons. The molecule has 0 N–H and O–H groups in total. The van der Waals surface area contributed by atoms with Crippen LogP contribution >= 0.6 is 0 Å². The van der Waals surface area contributed by atoms with Crippen LogP contribution in [-0.2, 0) is 17.9 Å². The van der Waals surface area contributed by atoms with Crippen LogP contribution < -0.4 is 0 Å². The van der Waals surface area contributed by atoms with E-state index in [9.17, 15) is 4.79 Å². The third-order valence-electron chi connectivity index (χ3n) is 2.17. The van der Waals surface area contributed by atoms with Crippen molar-refractivity contribution in [1.29, 1.82) is 0 Å². The van der Waals surface area contributed by atoms with Gasteiger partial charge in [0.15, 0.2) is 0 Å². The second-order valence-corrected chi connectivity index (χ2v) is 3.02. The largest absolute Gasteiger partial charge is 0.334 e. The van der Waals surface area contributed by atoms with E-state index in [1.54, 1.807) is 13.1 Å². The van der Waals surface area contributed by atoms with Crippen molar-refractivity contribution in [2.24, 2.45) is 0 Å². The van der Waals surface area contributed by atoms with Crippen molar-refractivity contribution in [3.63, 3.8) is 0 Å². The molecular formula is C11H16N2O. The molecular weight excluding hydrogens is 176 g/mol. The molecule has 0 saturated carbocycles. The number of rotatable bonds is 0. The van der Waals surface area contributed by atoms with E-state index >= 15 is 0 Å². The zero-order chi connectivity index (χ0) is 10.6. The Kier molecular flexibility index (Phi) is 3.63. The maximum absolute atomic E-state index is 11.0. The maximum atomic E-state index is 11.0. The van der Waals surface area contributed by atoms with E-state index in [0.29, 0.717) is 0 Å². The second kappa shape index (κ2) is 4.74. The highest BCUT2D eigenvalue weighted by Crippen LogP contribution is 2.20. The molecule has 2 rings (SSSR count). The smallest absolute Gasteiger partial charge is 0.220 e. The fraction of sp³-hybridized carbons (Fsp3) is 0.455. The average molecular weight is 192 g/mol. The highest BCUT2D eigenvalue weighted by atomic mass is 16.2. The number of aromatic nitrogens is 1. The van der Waals surface area contributed by atoms with Gasteiger partial charge in [0.2, 0.25) is 5.91 Å². The van der Waals surface area contributed by atoms with Crippen LogP contribution in [0.5, 0.6) is 0 Å². The number of nitrogens with zero attached hydrogens (tertiary/aromatic N) is 2. The van der Waals surface area contributed by atoms with Crippen LogP contribution in [0.15, 0.2) is 18.5 Å². The lowest BCUT2D eigenvalue weighted by Crippen LogP contribution is -2.21. The Bertz CT molecular complexity index is 298. The number of amides is 1. The molecule has 0 saturated heterocycles. The van der Waals surface area contributed by atoms with Gasteiger partial charge in [-0.1, -0.05) is 13.8 Å². The van der Waals surface area contributed by atoms with Crippen molar-refractivity contribution in [1.82, 2.24) is 9.88 Å². The fourth-order valence-electron chi connectivity index (χ4n) is 1.44. The van der Waals surface area contributed by atoms with E-state index in [-0.39, 0.29) is 5.91 Å². The molecule has 14 heavy (non-hydrogen) atoms. The van der Waals surface area contributed by atoms with Crippen molar-refractivity contribution in [3.8, 4) is 0 Å². The summed E-state index contributed by atoms with van der Waals surface area (Å²) in [7, 11) is 0. The molecule has 3 heteroatoms. The number of fused-ring (bicyclic) bond motifs is 1. The van der Waals surface area contributed by atoms with Gasteiger partial charge < -0.3 is 4.90 Å². The number of hydrogen-bond donors (Lipinski definition) is 0. The van der Waals surface area contributed by atoms with Crippen molar-refractivity contribution in [2.45, 2.75) is 33.9 Å². The number of carbonyl (C=O) groups excluding carboxylic acids is 1. The van der Waals surface area contributed by atoms with Gasteiger partial charge in [0, 0.05) is 32.4 Å². The van der Waals surface area contributed by atoms with Gasteiger partial charge in [-0.05, 0) is 17.2 Å². The minimum atomic E-state index is 0.131. The summed E-state index contributed by atoms with van der Waals surface area (Å²) >= 11 is 0. The lowest BCUT2D eigenvalue weighted by molar-refractivity contribution is -0.129. The second-order valence-electron chi connectivity index (χ2n) is 3.02. The SMILES string of the molecule is CC.CC(=O)N1Cc2ccncc2C1. The molecule has 0 fully saturated rings. The third-order valence-corrected chi connectivity index (χ3v) is 2.17. The fourth-order valence-corrected chi connectivity index (χ4v) is 1.44. The molecule has 0 aliphatic carbocycles. The van der Waals surface area contributed by atoms with E-state index in [1.165, 1.54) is 11.1 Å². The summed E-state index contributed by atoms with van der Waals surface area (Å²) in [5, 5.41) is 0. The summed E-state index contributed by atoms with van der Waals surface area (Å²) in [5.74, 6) is 0.131. The van der Waals surface area contributed by atoms with E-state index in [2.05, 4.69) is 4.98 Å². The quantitative estimate of drug-likeness (QED) is 0.629. The van der Waals surface area contributed by atoms with Crippen LogP contribution in [0.4, 0.5) is 0 Å². The van der Waals surface area contributed by atoms with Gasteiger partial charge in [0.1, 0.15) is 0 Å². The highest BCUT2D eigenvalue weighted by Gasteiger charge is 2.19. The topological polar surface area (TPSA) is 33.2 Å². The predicted molar refractivity (Wildman–Crippen MR) is 55.5 cm³/mol. The summed E-state index contributed by atoms with van der Waals surface area (Å²) in [6, 6.07) is 1.97. The summed E-state index contributed by atoms with van der Waals surface area (Å²) in [4.78, 5) is 16.8. The first kappa shape index (κ1) is 10.7. The highest BCUT2D eigenvalue weighted by molar-refractivity contribution is 5.74. The van der Waals surface area contributed by atoms with Crippen LogP contribution in [0.1, 0.15) is 31.9 Å². The monoisotopic (exact) mass is 192 g/mol. The van der Waals surface area contributed by atoms with E-state index < -0.39 is 0 Å². The maximum Gasteiger partial charge on any atom is 0.220 e. The summed E-state index contributed by atoms with van der Waals surface area (Å²) in [5.41, 5.74) is 2.40. The molecule has 0 radical (unpaired) electrons. The van der Waals surface area contributed by atoms with Crippen molar-refractivity contribution in [2.75, 3.05) is 0 Å². The standard InChI is InChI=1S/C9H10N2O.C2H6/c1-7(12)11-5-8-2-3-10-4-9(8)6-11;1-2/h2-4H,5-6H2,1H3;1-2H3. The normalized spacial score (nSPS) is 12.9. The zero-order valence-corrected chi connectivity index (χ0v) is 8.95. The molecule has 1 amide bonds. The molecule has 3 nitrogen and oxygen atoms in total. The van der Waals surface area contributed by atoms with E-state index in [1.807, 2.05) is 31.0 Å². The molecule has 0 atom stereocenters. The number of hydrogen-bond acceptors (Lipinski definition) is 2. The molecule has 2 heterocycles. The Balaban J connectivity index is 0.000000461. The van der Waals surface area contributed by atoms with Gasteiger partial charge in [-0.15, -0.1) is 0 Å². The zero-order valence-electron chi connectivity index (χ0n) is 8.95. The van der Waals surface area contributed by atoms with Gasteiger partial charge in [-0.3, -0.25) is 9.78 Å². The van der Waals surface area contributed by atoms with Gasteiger partial charge >= 0.3 is 0 Å². The molecule has 1 aliphatic heterocycles. The first-order valence-corrected chi connectivity index (χ1v) is 4.94. The van der Waals surface area contributed by atoms with Crippen molar-refractivity contribution in [3.05, 3.63) is 29.6 Å². The third kappa shape index (κ3) is 2.10. The number of carbonyl (C=O) groups is 1. The summed E-state index contributed by atoms with van der Waals surface area (Å²) in [6.07, 6.45) is 3.60. The van der Waals surface area contributed by atoms with Crippen molar-refractivity contribution >= 4 is 5.91 Å². The molecule has 0 bridgehead atoms. The minimum absolute atomic E-state index is 0.131. The van der Waals surface area contributed by atoms with Gasteiger partial charge in [0.05, 0.1) is 0 Å². The van der Waals surface area contributed by atoms with Gasteiger partial charge in [-0.25, -0.2) is 0 Å². The predicted octanol–water partition coefficient (Wildman–Crippen LogP) is 1.97. The number of pyridine rings is 1. The Hall–Kier alpha value is -1.38. The lowest BCUT2D eigenvalue weighted by atomic mass is 10.2. The Morgan fingerprint density at radius 1 is 1.36 bits per heavy atom. The first-order valence-electron chi connectivity index (χ1n) is 4.94. The van der Waals surface area contributed by atoms with Crippen LogP contribution in [0.25, 0.3) is 0 Å². The van der Waals surface area contributed by atoms with E-state index in [4.69, 9.17) is 0 Å². The van der Waals surface area contributed by atoms with Gasteiger partial charge in [-0.2, -0.15) is 0 Å². The van der Waals surface area contributed by atoms with E-state index in [0.717, 1.165) is 13.1 Å². The van der Waals surface area contributed by atoms with Crippen LogP contribution in [-0.4, -0.2) is 15.8 Å². The Labute approximate surface area is 84.8 Å². The summed E-state index contributed by atoms with van der Waals surface area (Å²) < 4.78 is 0. The Morgan fingerprint density at radius 3 is 2.57 bits per heavy atom. The molecule has 0 spiro atoms. The van der Waals surface area contributed by atoms with Crippen LogP contribution in [0.3, 0.4) is 0 Å². The Morgan fingerprint density at radius 2 is 2.00 bits per heavy atom. The van der Waals surface area contributed by atoms with Crippen molar-refractivity contribution < 1.29 is 4.79 Å². The lowest BCUT2D eigenvalue weighted by Gasteiger charge is -2.10. The molecule has 1 aromatic heterocycles. The van der Waals surface area contributed by atoms with Gasteiger partial charge in [0.25, 0.3) is 0 Å². The van der Waals surface area contributed by atoms with Crippen LogP contribution in [0, 0.1) is 0 Å². The molecule has 1 aromatic rings. The molecule has 0 unspecified atom stereocenters. The van der Waals surface area contributed by atoms with Crippen LogP contribution in [0.2, 0.25) is 0 Å². The summed E-state index contributed by atoms with van der Waals surface area (Å²) in [6.45, 7) is 7.06. The molecule has 1 aliphatic rings. The first-order chi connectivity index (χ1) is 6.77. The molecule has 0 aromatic carbocycles. The average Bonchev–Trinajstić information content (AvgIpc) is 2.64. The minimum Gasteiger partial charge on any atom is -0.334 e.